The first-order chi connectivity index (χ1) is 5.37. The summed E-state index contributed by atoms with van der Waals surface area (Å²) in [6.45, 7) is 0. The smallest absolute Gasteiger partial charge is 0.446 e. The van der Waals surface area contributed by atoms with Crippen molar-refractivity contribution < 1.29 is 27.1 Å². The van der Waals surface area contributed by atoms with E-state index < -0.39 is 24.2 Å². The number of rotatable bonds is 1. The van der Waals surface area contributed by atoms with Crippen molar-refractivity contribution in [2.24, 2.45) is 0 Å². The van der Waals surface area contributed by atoms with E-state index in [4.69, 9.17) is 0 Å². The zero-order valence-electron chi connectivity index (χ0n) is 5.69. The fraction of sp³-hybridized carbons (Fsp3) is 0.500. The van der Waals surface area contributed by atoms with Gasteiger partial charge in [0.15, 0.2) is 6.29 Å². The van der Waals surface area contributed by atoms with Crippen LogP contribution in [0.3, 0.4) is 0 Å². The van der Waals surface area contributed by atoms with E-state index in [0.717, 1.165) is 0 Å². The molecule has 0 saturated carbocycles. The molecule has 0 radical (unpaired) electrons. The molecule has 0 fully saturated rings. The highest BCUT2D eigenvalue weighted by Gasteiger charge is 2.47. The maximum atomic E-state index is 12.7. The molecule has 6 heteroatoms. The third-order valence-electron chi connectivity index (χ3n) is 1.30. The minimum absolute atomic E-state index is 0.289. The molecule has 0 saturated heterocycles. The molecule has 0 bridgehead atoms. The number of hydrogen-bond acceptors (Lipinski definition) is 2. The van der Waals surface area contributed by atoms with Crippen LogP contribution < -0.4 is 0 Å². The van der Waals surface area contributed by atoms with Crippen LogP contribution >= 0.6 is 0 Å². The standard InChI is InChI=1S/C6H4F4O2/c7-5(3-11)2-1-4(12-5)6(8,9)10/h1,3H,2H2. The lowest BCUT2D eigenvalue weighted by atomic mass is 10.2. The number of carbonyl (C=O) groups is 1. The summed E-state index contributed by atoms with van der Waals surface area (Å²) in [7, 11) is 0. The predicted molar refractivity (Wildman–Crippen MR) is 29.7 cm³/mol. The average Bonchev–Trinajstić information content (AvgIpc) is 2.32. The fourth-order valence-electron chi connectivity index (χ4n) is 0.744. The molecular weight excluding hydrogens is 180 g/mol. The lowest BCUT2D eigenvalue weighted by Gasteiger charge is -2.15. The molecule has 1 unspecified atom stereocenters. The Morgan fingerprint density at radius 1 is 1.58 bits per heavy atom. The first kappa shape index (κ1) is 9.02. The van der Waals surface area contributed by atoms with Crippen molar-refractivity contribution in [1.82, 2.24) is 0 Å². The van der Waals surface area contributed by atoms with Crippen LogP contribution in [0.1, 0.15) is 6.42 Å². The molecule has 0 aromatic carbocycles. The van der Waals surface area contributed by atoms with Gasteiger partial charge in [0, 0.05) is 6.42 Å². The van der Waals surface area contributed by atoms with Gasteiger partial charge in [-0.3, -0.25) is 4.79 Å². The molecule has 0 N–H and O–H groups in total. The molecule has 0 aliphatic carbocycles. The number of carbonyl (C=O) groups excluding carboxylic acids is 1. The van der Waals surface area contributed by atoms with E-state index in [2.05, 4.69) is 4.74 Å². The molecule has 0 aromatic heterocycles. The number of aldehydes is 1. The highest BCUT2D eigenvalue weighted by Crippen LogP contribution is 2.37. The van der Waals surface area contributed by atoms with Crippen molar-refractivity contribution in [3.8, 4) is 0 Å². The third-order valence-corrected chi connectivity index (χ3v) is 1.30. The van der Waals surface area contributed by atoms with E-state index in [9.17, 15) is 22.4 Å². The first-order valence-electron chi connectivity index (χ1n) is 2.99. The number of alkyl halides is 4. The van der Waals surface area contributed by atoms with E-state index in [-0.39, 0.29) is 6.29 Å². The molecule has 1 rings (SSSR count). The Hall–Kier alpha value is -1.07. The minimum Gasteiger partial charge on any atom is -0.446 e. The Kier molecular flexibility index (Phi) is 1.85. The van der Waals surface area contributed by atoms with Gasteiger partial charge in [-0.05, 0) is 6.08 Å². The van der Waals surface area contributed by atoms with E-state index in [1.54, 1.807) is 0 Å². The molecule has 1 heterocycles. The molecule has 68 valence electrons. The van der Waals surface area contributed by atoms with E-state index in [1.165, 1.54) is 0 Å². The van der Waals surface area contributed by atoms with Gasteiger partial charge < -0.3 is 4.74 Å². The Morgan fingerprint density at radius 3 is 2.42 bits per heavy atom. The van der Waals surface area contributed by atoms with Crippen LogP contribution in [0.2, 0.25) is 0 Å². The van der Waals surface area contributed by atoms with Crippen molar-refractivity contribution in [3.05, 3.63) is 11.8 Å². The maximum Gasteiger partial charge on any atom is 0.448 e. The second-order valence-electron chi connectivity index (χ2n) is 2.28. The summed E-state index contributed by atoms with van der Waals surface area (Å²) in [5.41, 5.74) is 0. The second kappa shape index (κ2) is 2.46. The van der Waals surface area contributed by atoms with Crippen LogP contribution in [-0.2, 0) is 9.53 Å². The summed E-state index contributed by atoms with van der Waals surface area (Å²) < 4.78 is 51.7. The van der Waals surface area contributed by atoms with Crippen LogP contribution in [0, 0.1) is 0 Å². The van der Waals surface area contributed by atoms with Gasteiger partial charge >= 0.3 is 12.0 Å². The molecule has 12 heavy (non-hydrogen) atoms. The molecule has 1 atom stereocenters. The largest absolute Gasteiger partial charge is 0.448 e. The molecule has 0 spiro atoms. The normalized spacial score (nSPS) is 29.5. The van der Waals surface area contributed by atoms with E-state index in [0.29, 0.717) is 6.08 Å². The fourth-order valence-corrected chi connectivity index (χ4v) is 0.744. The SMILES string of the molecule is O=CC1(F)CC=C(C(F)(F)F)O1. The topological polar surface area (TPSA) is 26.3 Å². The zero-order chi connectivity index (χ0) is 9.41. The number of ether oxygens (including phenoxy) is 1. The van der Waals surface area contributed by atoms with Gasteiger partial charge in [-0.1, -0.05) is 0 Å². The Balaban J connectivity index is 2.72. The van der Waals surface area contributed by atoms with Gasteiger partial charge in [-0.15, -0.1) is 0 Å². The Morgan fingerprint density at radius 2 is 2.17 bits per heavy atom. The van der Waals surface area contributed by atoms with Crippen LogP contribution in [0.25, 0.3) is 0 Å². The highest BCUT2D eigenvalue weighted by molar-refractivity contribution is 5.61. The van der Waals surface area contributed by atoms with Gasteiger partial charge in [-0.2, -0.15) is 17.6 Å². The highest BCUT2D eigenvalue weighted by atomic mass is 19.4. The molecule has 0 amide bonds. The summed E-state index contributed by atoms with van der Waals surface area (Å²) >= 11 is 0. The van der Waals surface area contributed by atoms with Gasteiger partial charge in [0.1, 0.15) is 0 Å². The number of allylic oxidation sites excluding steroid dienone is 1. The molecular formula is C6H4F4O2. The average molecular weight is 184 g/mol. The number of halogens is 4. The summed E-state index contributed by atoms with van der Waals surface area (Å²) in [6, 6.07) is 0. The van der Waals surface area contributed by atoms with Crippen molar-refractivity contribution in [1.29, 1.82) is 0 Å². The monoisotopic (exact) mass is 184 g/mol. The minimum atomic E-state index is -4.73. The maximum absolute atomic E-state index is 12.7. The Bertz CT molecular complexity index is 232. The molecule has 1 aliphatic rings. The van der Waals surface area contributed by atoms with Crippen LogP contribution in [0.15, 0.2) is 11.8 Å². The van der Waals surface area contributed by atoms with Crippen molar-refractivity contribution >= 4 is 6.29 Å². The molecule has 1 aliphatic heterocycles. The summed E-state index contributed by atoms with van der Waals surface area (Å²) in [6.07, 6.45) is -5.20. The van der Waals surface area contributed by atoms with E-state index >= 15 is 0 Å². The van der Waals surface area contributed by atoms with Gasteiger partial charge in [0.25, 0.3) is 0 Å². The van der Waals surface area contributed by atoms with Crippen LogP contribution in [0.5, 0.6) is 0 Å². The van der Waals surface area contributed by atoms with E-state index in [1.807, 2.05) is 0 Å². The summed E-state index contributed by atoms with van der Waals surface area (Å²) in [5, 5.41) is 0. The van der Waals surface area contributed by atoms with Crippen molar-refractivity contribution in [2.75, 3.05) is 0 Å². The molecule has 2 nitrogen and oxygen atoms in total. The van der Waals surface area contributed by atoms with Gasteiger partial charge in [-0.25, -0.2) is 0 Å². The summed E-state index contributed by atoms with van der Waals surface area (Å²) in [5.74, 6) is -4.28. The third kappa shape index (κ3) is 1.57. The Labute approximate surface area is 64.8 Å². The van der Waals surface area contributed by atoms with Gasteiger partial charge in [0.05, 0.1) is 0 Å². The lowest BCUT2D eigenvalue weighted by molar-refractivity contribution is -0.177. The quantitative estimate of drug-likeness (QED) is 0.458. The van der Waals surface area contributed by atoms with Crippen molar-refractivity contribution in [2.45, 2.75) is 18.5 Å². The lowest BCUT2D eigenvalue weighted by Crippen LogP contribution is -2.26. The van der Waals surface area contributed by atoms with Crippen LogP contribution in [-0.4, -0.2) is 18.3 Å². The predicted octanol–water partition coefficient (Wildman–Crippen LogP) is 1.72. The van der Waals surface area contributed by atoms with Crippen LogP contribution in [0.4, 0.5) is 17.6 Å². The summed E-state index contributed by atoms with van der Waals surface area (Å²) in [4.78, 5) is 9.90. The zero-order valence-corrected chi connectivity index (χ0v) is 5.69. The molecule has 0 aromatic rings. The second-order valence-corrected chi connectivity index (χ2v) is 2.28. The first-order valence-corrected chi connectivity index (χ1v) is 2.99. The van der Waals surface area contributed by atoms with Gasteiger partial charge in [0.2, 0.25) is 5.76 Å². The van der Waals surface area contributed by atoms with Crippen molar-refractivity contribution in [3.63, 3.8) is 0 Å². The number of hydrogen-bond donors (Lipinski definition) is 0.